The number of pyridine rings is 1. The minimum absolute atomic E-state index is 0.265. The smallest absolute Gasteiger partial charge is 0.337 e. The number of halogens is 2. The van der Waals surface area contributed by atoms with E-state index in [2.05, 4.69) is 4.98 Å². The van der Waals surface area contributed by atoms with Gasteiger partial charge in [-0.1, -0.05) is 35.3 Å². The van der Waals surface area contributed by atoms with Gasteiger partial charge in [-0.3, -0.25) is 4.98 Å². The number of carboxylic acid groups (broad SMARTS) is 1. The highest BCUT2D eigenvalue weighted by Crippen LogP contribution is 2.39. The van der Waals surface area contributed by atoms with Gasteiger partial charge >= 0.3 is 5.97 Å². The predicted octanol–water partition coefficient (Wildman–Crippen LogP) is 6.07. The highest BCUT2D eigenvalue weighted by molar-refractivity contribution is 6.31. The molecule has 0 aliphatic heterocycles. The van der Waals surface area contributed by atoms with Gasteiger partial charge in [0.2, 0.25) is 0 Å². The first kappa shape index (κ1) is 19.6. The van der Waals surface area contributed by atoms with E-state index in [4.69, 9.17) is 27.9 Å². The number of hydrogen-bond acceptors (Lipinski definition) is 3. The fraction of sp³-hybridized carbons (Fsp3) is 0.238. The fourth-order valence-electron chi connectivity index (χ4n) is 3.14. The summed E-state index contributed by atoms with van der Waals surface area (Å²) in [5.41, 5.74) is 3.42. The number of nitrogens with zero attached hydrogens (tertiary/aromatic N) is 1. The zero-order valence-corrected chi connectivity index (χ0v) is 16.7. The van der Waals surface area contributed by atoms with Crippen molar-refractivity contribution in [3.8, 4) is 11.1 Å². The Morgan fingerprint density at radius 2 is 1.70 bits per heavy atom. The molecule has 1 aromatic heterocycles. The highest BCUT2D eigenvalue weighted by Gasteiger charge is 2.29. The van der Waals surface area contributed by atoms with Gasteiger partial charge in [0.15, 0.2) is 6.10 Å². The minimum Gasteiger partial charge on any atom is -0.479 e. The first-order valence-corrected chi connectivity index (χ1v) is 9.27. The van der Waals surface area contributed by atoms with Crippen molar-refractivity contribution >= 4 is 40.1 Å². The van der Waals surface area contributed by atoms with Crippen LogP contribution in [-0.2, 0) is 9.53 Å². The van der Waals surface area contributed by atoms with Gasteiger partial charge in [-0.05, 0) is 62.2 Å². The van der Waals surface area contributed by atoms with Crippen LogP contribution in [0.4, 0.5) is 0 Å². The quantitative estimate of drug-likeness (QED) is 0.561. The normalized spacial score (nSPS) is 12.5. The molecule has 0 saturated carbocycles. The number of carbonyl (C=O) groups is 1. The maximum atomic E-state index is 12.0. The largest absolute Gasteiger partial charge is 0.479 e. The molecule has 3 rings (SSSR count). The zero-order chi connectivity index (χ0) is 19.7. The Balaban J connectivity index is 2.40. The molecule has 0 amide bonds. The Bertz CT molecular complexity index is 1000. The van der Waals surface area contributed by atoms with Crippen molar-refractivity contribution in [2.75, 3.05) is 0 Å². The van der Waals surface area contributed by atoms with E-state index in [-0.39, 0.29) is 6.10 Å². The van der Waals surface area contributed by atoms with Crippen molar-refractivity contribution in [2.24, 2.45) is 0 Å². The second-order valence-corrected chi connectivity index (χ2v) is 7.43. The number of carboxylic acids is 1. The standard InChI is InChI=1S/C21H19Cl2NO3/c1-11(2)27-20(21(25)26)18-12(3)24-17-9-8-15(23)10-16(17)19(18)13-4-6-14(22)7-5-13/h4-11,20H,1-3H3,(H,25,26). The summed E-state index contributed by atoms with van der Waals surface area (Å²) in [4.78, 5) is 16.6. The average molecular weight is 404 g/mol. The molecular formula is C21H19Cl2NO3. The van der Waals surface area contributed by atoms with E-state index < -0.39 is 12.1 Å². The van der Waals surface area contributed by atoms with Crippen molar-refractivity contribution in [1.29, 1.82) is 0 Å². The van der Waals surface area contributed by atoms with Crippen molar-refractivity contribution in [3.05, 3.63) is 63.8 Å². The maximum absolute atomic E-state index is 12.0. The Kier molecular flexibility index (Phi) is 5.70. The van der Waals surface area contributed by atoms with Crippen molar-refractivity contribution < 1.29 is 14.6 Å². The Hall–Kier alpha value is -2.14. The van der Waals surface area contributed by atoms with Crippen molar-refractivity contribution in [3.63, 3.8) is 0 Å². The summed E-state index contributed by atoms with van der Waals surface area (Å²) >= 11 is 12.3. The van der Waals surface area contributed by atoms with Crippen LogP contribution in [0.1, 0.15) is 31.2 Å². The fourth-order valence-corrected chi connectivity index (χ4v) is 3.44. The van der Waals surface area contributed by atoms with Gasteiger partial charge in [-0.15, -0.1) is 0 Å². The molecule has 6 heteroatoms. The molecular weight excluding hydrogens is 385 g/mol. The van der Waals surface area contributed by atoms with Crippen LogP contribution in [-0.4, -0.2) is 22.2 Å². The maximum Gasteiger partial charge on any atom is 0.337 e. The van der Waals surface area contributed by atoms with Crippen molar-refractivity contribution in [2.45, 2.75) is 33.0 Å². The van der Waals surface area contributed by atoms with Crippen LogP contribution < -0.4 is 0 Å². The van der Waals surface area contributed by atoms with Gasteiger partial charge < -0.3 is 9.84 Å². The zero-order valence-electron chi connectivity index (χ0n) is 15.2. The van der Waals surface area contributed by atoms with E-state index in [1.807, 2.05) is 18.2 Å². The number of rotatable bonds is 5. The Morgan fingerprint density at radius 3 is 2.30 bits per heavy atom. The van der Waals surface area contributed by atoms with Crippen LogP contribution in [0, 0.1) is 6.92 Å². The van der Waals surface area contributed by atoms with Crippen LogP contribution in [0.2, 0.25) is 10.0 Å². The van der Waals surface area contributed by atoms with E-state index in [0.717, 1.165) is 22.0 Å². The van der Waals surface area contributed by atoms with Gasteiger partial charge in [-0.2, -0.15) is 0 Å². The lowest BCUT2D eigenvalue weighted by atomic mass is 9.91. The lowest BCUT2D eigenvalue weighted by Gasteiger charge is -2.23. The third-order valence-electron chi connectivity index (χ3n) is 4.20. The summed E-state index contributed by atoms with van der Waals surface area (Å²) in [6.07, 6.45) is -1.41. The number of hydrogen-bond donors (Lipinski definition) is 1. The number of aryl methyl sites for hydroxylation is 1. The third kappa shape index (κ3) is 4.08. The lowest BCUT2D eigenvalue weighted by Crippen LogP contribution is -2.21. The molecule has 3 aromatic rings. The minimum atomic E-state index is -1.15. The molecule has 1 heterocycles. The highest BCUT2D eigenvalue weighted by atomic mass is 35.5. The predicted molar refractivity (Wildman–Crippen MR) is 109 cm³/mol. The van der Waals surface area contributed by atoms with Gasteiger partial charge in [0.25, 0.3) is 0 Å². The number of ether oxygens (including phenoxy) is 1. The number of fused-ring (bicyclic) bond motifs is 1. The second kappa shape index (κ2) is 7.85. The molecule has 0 fully saturated rings. The molecule has 1 N–H and O–H groups in total. The van der Waals surface area contributed by atoms with E-state index in [1.165, 1.54) is 0 Å². The van der Waals surface area contributed by atoms with E-state index in [9.17, 15) is 9.90 Å². The summed E-state index contributed by atoms with van der Waals surface area (Å²) in [6.45, 7) is 5.40. The van der Waals surface area contributed by atoms with Crippen LogP contribution in [0.5, 0.6) is 0 Å². The second-order valence-electron chi connectivity index (χ2n) is 6.56. The number of aliphatic carboxylic acids is 1. The van der Waals surface area contributed by atoms with Crippen LogP contribution in [0.3, 0.4) is 0 Å². The van der Waals surface area contributed by atoms with Crippen molar-refractivity contribution in [1.82, 2.24) is 4.98 Å². The third-order valence-corrected chi connectivity index (χ3v) is 4.69. The average Bonchev–Trinajstić information content (AvgIpc) is 2.60. The summed E-state index contributed by atoms with van der Waals surface area (Å²) in [5.74, 6) is -1.06. The molecule has 0 radical (unpaired) electrons. The van der Waals surface area contributed by atoms with Gasteiger partial charge in [0.05, 0.1) is 11.6 Å². The molecule has 0 spiro atoms. The lowest BCUT2D eigenvalue weighted by molar-refractivity contribution is -0.153. The molecule has 0 aliphatic rings. The van der Waals surface area contributed by atoms with Gasteiger partial charge in [0, 0.05) is 26.7 Å². The van der Waals surface area contributed by atoms with E-state index >= 15 is 0 Å². The van der Waals surface area contributed by atoms with E-state index in [0.29, 0.717) is 21.3 Å². The number of benzene rings is 2. The molecule has 0 saturated heterocycles. The summed E-state index contributed by atoms with van der Waals surface area (Å²) in [6, 6.07) is 12.6. The van der Waals surface area contributed by atoms with Crippen LogP contribution in [0.15, 0.2) is 42.5 Å². The molecule has 4 nitrogen and oxygen atoms in total. The van der Waals surface area contributed by atoms with Crippen LogP contribution >= 0.6 is 23.2 Å². The summed E-state index contributed by atoms with van der Waals surface area (Å²) in [5, 5.41) is 11.8. The molecule has 0 bridgehead atoms. The summed E-state index contributed by atoms with van der Waals surface area (Å²) in [7, 11) is 0. The van der Waals surface area contributed by atoms with Gasteiger partial charge in [0.1, 0.15) is 0 Å². The molecule has 140 valence electrons. The number of aromatic nitrogens is 1. The topological polar surface area (TPSA) is 59.4 Å². The first-order valence-electron chi connectivity index (χ1n) is 8.52. The van der Waals surface area contributed by atoms with Crippen LogP contribution in [0.25, 0.3) is 22.0 Å². The SMILES string of the molecule is Cc1nc2ccc(Cl)cc2c(-c2ccc(Cl)cc2)c1C(OC(C)C)C(=O)O. The monoisotopic (exact) mass is 403 g/mol. The Labute approximate surface area is 167 Å². The summed E-state index contributed by atoms with van der Waals surface area (Å²) < 4.78 is 5.75. The molecule has 27 heavy (non-hydrogen) atoms. The van der Waals surface area contributed by atoms with E-state index in [1.54, 1.807) is 45.0 Å². The molecule has 0 aliphatic carbocycles. The molecule has 1 unspecified atom stereocenters. The van der Waals surface area contributed by atoms with Gasteiger partial charge in [-0.25, -0.2) is 4.79 Å². The molecule has 1 atom stereocenters. The Morgan fingerprint density at radius 1 is 1.07 bits per heavy atom. The first-order chi connectivity index (χ1) is 12.8. The molecule has 2 aromatic carbocycles.